The Hall–Kier alpha value is -1.73. The number of aromatic nitrogens is 2. The molecule has 7 heteroatoms. The van der Waals surface area contributed by atoms with Gasteiger partial charge in [0.1, 0.15) is 4.83 Å². The van der Waals surface area contributed by atoms with Gasteiger partial charge in [-0.2, -0.15) is 0 Å². The van der Waals surface area contributed by atoms with E-state index in [1.807, 2.05) is 0 Å². The molecule has 1 N–H and O–H groups in total. The number of hydrogen-bond donors (Lipinski definition) is 1. The van der Waals surface area contributed by atoms with Gasteiger partial charge in [0.15, 0.2) is 0 Å². The number of fused-ring (bicyclic) bond motifs is 1. The highest BCUT2D eigenvalue weighted by Crippen LogP contribution is 2.26. The second kappa shape index (κ2) is 5.50. The van der Waals surface area contributed by atoms with Crippen LogP contribution in [-0.2, 0) is 11.8 Å². The first-order valence-electron chi connectivity index (χ1n) is 5.78. The van der Waals surface area contributed by atoms with Gasteiger partial charge in [0.25, 0.3) is 11.5 Å². The van der Waals surface area contributed by atoms with Crippen molar-refractivity contribution >= 4 is 27.5 Å². The number of rotatable bonds is 4. The van der Waals surface area contributed by atoms with Crippen molar-refractivity contribution in [3.8, 4) is 0 Å². The molecule has 0 radical (unpaired) electrons. The van der Waals surface area contributed by atoms with Crippen molar-refractivity contribution in [3.05, 3.63) is 27.1 Å². The Morgan fingerprint density at radius 3 is 3.00 bits per heavy atom. The van der Waals surface area contributed by atoms with Crippen LogP contribution in [0.1, 0.15) is 15.2 Å². The van der Waals surface area contributed by atoms with E-state index in [0.29, 0.717) is 33.8 Å². The van der Waals surface area contributed by atoms with Crippen LogP contribution in [0.15, 0.2) is 11.1 Å². The molecule has 102 valence electrons. The van der Waals surface area contributed by atoms with E-state index in [1.54, 1.807) is 21.1 Å². The zero-order chi connectivity index (χ0) is 14.0. The Labute approximate surface area is 114 Å². The lowest BCUT2D eigenvalue weighted by Crippen LogP contribution is -2.26. The largest absolute Gasteiger partial charge is 0.383 e. The molecule has 0 atom stereocenters. The molecule has 1 amide bonds. The summed E-state index contributed by atoms with van der Waals surface area (Å²) in [5, 5.41) is 3.27. The number of aryl methyl sites for hydroxylation is 2. The number of hydrogen-bond acceptors (Lipinski definition) is 5. The maximum atomic E-state index is 12.0. The fraction of sp³-hybridized carbons (Fsp3) is 0.417. The summed E-state index contributed by atoms with van der Waals surface area (Å²) >= 11 is 1.24. The lowest BCUT2D eigenvalue weighted by Gasteiger charge is -2.02. The van der Waals surface area contributed by atoms with E-state index in [0.717, 1.165) is 0 Å². The first kappa shape index (κ1) is 13.7. The number of carbonyl (C=O) groups is 1. The number of ether oxygens (including phenoxy) is 1. The first-order chi connectivity index (χ1) is 9.06. The number of amides is 1. The van der Waals surface area contributed by atoms with E-state index in [2.05, 4.69) is 10.3 Å². The Kier molecular flexibility index (Phi) is 3.96. The van der Waals surface area contributed by atoms with Crippen LogP contribution in [0.4, 0.5) is 0 Å². The molecular weight excluding hydrogens is 266 g/mol. The van der Waals surface area contributed by atoms with Crippen LogP contribution in [0, 0.1) is 6.92 Å². The van der Waals surface area contributed by atoms with Crippen LogP contribution in [0.3, 0.4) is 0 Å². The van der Waals surface area contributed by atoms with Crippen molar-refractivity contribution < 1.29 is 9.53 Å². The normalized spacial score (nSPS) is 10.9. The molecule has 0 fully saturated rings. The Bertz CT molecular complexity index is 675. The quantitative estimate of drug-likeness (QED) is 0.836. The molecule has 0 aliphatic heterocycles. The average molecular weight is 281 g/mol. The average Bonchev–Trinajstić information content (AvgIpc) is 2.72. The SMILES string of the molecule is COCCNC(=O)c1sc2ncn(C)c(=O)c2c1C. The van der Waals surface area contributed by atoms with Crippen LogP contribution in [-0.4, -0.2) is 35.7 Å². The van der Waals surface area contributed by atoms with Gasteiger partial charge in [0, 0.05) is 20.7 Å². The van der Waals surface area contributed by atoms with Crippen LogP contribution in [0.5, 0.6) is 0 Å². The summed E-state index contributed by atoms with van der Waals surface area (Å²) in [7, 11) is 3.22. The van der Waals surface area contributed by atoms with Gasteiger partial charge < -0.3 is 14.6 Å². The van der Waals surface area contributed by atoms with Crippen molar-refractivity contribution in [2.24, 2.45) is 7.05 Å². The number of carbonyl (C=O) groups excluding carboxylic acids is 1. The maximum Gasteiger partial charge on any atom is 0.262 e. The Balaban J connectivity index is 2.40. The highest BCUT2D eigenvalue weighted by molar-refractivity contribution is 7.20. The van der Waals surface area contributed by atoms with Crippen molar-refractivity contribution in [2.45, 2.75) is 6.92 Å². The van der Waals surface area contributed by atoms with E-state index >= 15 is 0 Å². The molecule has 19 heavy (non-hydrogen) atoms. The molecule has 6 nitrogen and oxygen atoms in total. The molecule has 2 rings (SSSR count). The van der Waals surface area contributed by atoms with E-state index in [9.17, 15) is 9.59 Å². The third-order valence-electron chi connectivity index (χ3n) is 2.81. The van der Waals surface area contributed by atoms with E-state index in [4.69, 9.17) is 4.74 Å². The number of methoxy groups -OCH3 is 1. The van der Waals surface area contributed by atoms with Crippen LogP contribution in [0.25, 0.3) is 10.2 Å². The minimum absolute atomic E-state index is 0.130. The molecular formula is C12H15N3O3S. The van der Waals surface area contributed by atoms with Gasteiger partial charge in [0.05, 0.1) is 23.2 Å². The standard InChI is InChI=1S/C12H15N3O3S/c1-7-8-11(14-6-15(2)12(8)17)19-9(7)10(16)13-4-5-18-3/h6H,4-5H2,1-3H3,(H,13,16). The molecule has 0 bridgehead atoms. The summed E-state index contributed by atoms with van der Waals surface area (Å²) in [6, 6.07) is 0. The van der Waals surface area contributed by atoms with E-state index in [-0.39, 0.29) is 11.5 Å². The smallest absolute Gasteiger partial charge is 0.262 e. The fourth-order valence-electron chi connectivity index (χ4n) is 1.77. The molecule has 0 unspecified atom stereocenters. The molecule has 0 aromatic carbocycles. The van der Waals surface area contributed by atoms with Crippen molar-refractivity contribution in [1.29, 1.82) is 0 Å². The van der Waals surface area contributed by atoms with Crippen molar-refractivity contribution in [1.82, 2.24) is 14.9 Å². The van der Waals surface area contributed by atoms with Gasteiger partial charge in [-0.05, 0) is 12.5 Å². The molecule has 0 aliphatic carbocycles. The molecule has 0 aliphatic rings. The monoisotopic (exact) mass is 281 g/mol. The zero-order valence-corrected chi connectivity index (χ0v) is 11.8. The van der Waals surface area contributed by atoms with E-state index < -0.39 is 0 Å². The van der Waals surface area contributed by atoms with Crippen molar-refractivity contribution in [3.63, 3.8) is 0 Å². The van der Waals surface area contributed by atoms with Gasteiger partial charge in [-0.1, -0.05) is 0 Å². The summed E-state index contributed by atoms with van der Waals surface area (Å²) in [6.45, 7) is 2.66. The lowest BCUT2D eigenvalue weighted by molar-refractivity contribution is 0.0940. The summed E-state index contributed by atoms with van der Waals surface area (Å²) in [5.74, 6) is -0.195. The predicted octanol–water partition coefficient (Wildman–Crippen LogP) is 0.680. The second-order valence-electron chi connectivity index (χ2n) is 4.15. The third kappa shape index (κ3) is 2.52. The minimum atomic E-state index is -0.195. The fourth-order valence-corrected chi connectivity index (χ4v) is 2.83. The van der Waals surface area contributed by atoms with Gasteiger partial charge in [0.2, 0.25) is 0 Å². The second-order valence-corrected chi connectivity index (χ2v) is 5.14. The topological polar surface area (TPSA) is 73.2 Å². The van der Waals surface area contributed by atoms with Crippen molar-refractivity contribution in [2.75, 3.05) is 20.3 Å². The minimum Gasteiger partial charge on any atom is -0.383 e. The summed E-state index contributed by atoms with van der Waals surface area (Å²) in [5.41, 5.74) is 0.554. The molecule has 2 heterocycles. The first-order valence-corrected chi connectivity index (χ1v) is 6.59. The molecule has 0 saturated carbocycles. The van der Waals surface area contributed by atoms with Crippen LogP contribution < -0.4 is 10.9 Å². The third-order valence-corrected chi connectivity index (χ3v) is 4.01. The predicted molar refractivity (Wildman–Crippen MR) is 73.8 cm³/mol. The van der Waals surface area contributed by atoms with Crippen LogP contribution in [0.2, 0.25) is 0 Å². The van der Waals surface area contributed by atoms with E-state index in [1.165, 1.54) is 22.2 Å². The van der Waals surface area contributed by atoms with Gasteiger partial charge in [-0.15, -0.1) is 11.3 Å². The summed E-state index contributed by atoms with van der Waals surface area (Å²) in [4.78, 5) is 29.3. The molecule has 0 spiro atoms. The van der Waals surface area contributed by atoms with Gasteiger partial charge >= 0.3 is 0 Å². The van der Waals surface area contributed by atoms with Gasteiger partial charge in [-0.3, -0.25) is 9.59 Å². The molecule has 2 aromatic rings. The number of nitrogens with zero attached hydrogens (tertiary/aromatic N) is 2. The highest BCUT2D eigenvalue weighted by atomic mass is 32.1. The molecule has 0 saturated heterocycles. The number of thiophene rings is 1. The lowest BCUT2D eigenvalue weighted by atomic mass is 10.2. The maximum absolute atomic E-state index is 12.0. The summed E-state index contributed by atoms with van der Waals surface area (Å²) < 4.78 is 6.29. The molecule has 2 aromatic heterocycles. The highest BCUT2D eigenvalue weighted by Gasteiger charge is 2.18. The number of nitrogens with one attached hydrogen (secondary N) is 1. The zero-order valence-electron chi connectivity index (χ0n) is 11.0. The Morgan fingerprint density at radius 2 is 2.32 bits per heavy atom. The van der Waals surface area contributed by atoms with Crippen LogP contribution >= 0.6 is 11.3 Å². The van der Waals surface area contributed by atoms with Gasteiger partial charge in [-0.25, -0.2) is 4.98 Å². The summed E-state index contributed by atoms with van der Waals surface area (Å²) in [6.07, 6.45) is 1.47. The Morgan fingerprint density at radius 1 is 1.58 bits per heavy atom.